The molecule has 2 aliphatic rings. The molecule has 0 aliphatic carbocycles. The zero-order valence-electron chi connectivity index (χ0n) is 10.6. The SMILES string of the molecule is N[C@@H]1COC(=O)[C@H]1NC(=O)C1Cc2cc(Cl)ccc2N1. The fourth-order valence-corrected chi connectivity index (χ4v) is 2.64. The van der Waals surface area contributed by atoms with Gasteiger partial charge < -0.3 is 21.1 Å². The molecule has 4 N–H and O–H groups in total. The third kappa shape index (κ3) is 2.32. The molecule has 1 aromatic carbocycles. The van der Waals surface area contributed by atoms with E-state index in [9.17, 15) is 9.59 Å². The van der Waals surface area contributed by atoms with Gasteiger partial charge in [-0.3, -0.25) is 4.79 Å². The lowest BCUT2D eigenvalue weighted by Crippen LogP contribution is -2.52. The second-order valence-electron chi connectivity index (χ2n) is 4.98. The molecule has 3 atom stereocenters. The van der Waals surface area contributed by atoms with E-state index in [1.165, 1.54) is 0 Å². The second kappa shape index (κ2) is 4.96. The number of nitrogens with two attached hydrogens (primary N) is 1. The topological polar surface area (TPSA) is 93.4 Å². The van der Waals surface area contributed by atoms with Crippen LogP contribution < -0.4 is 16.4 Å². The fourth-order valence-electron chi connectivity index (χ4n) is 2.45. The summed E-state index contributed by atoms with van der Waals surface area (Å²) in [4.78, 5) is 23.6. The first-order valence-corrected chi connectivity index (χ1v) is 6.70. The van der Waals surface area contributed by atoms with Crippen LogP contribution in [0.15, 0.2) is 18.2 Å². The summed E-state index contributed by atoms with van der Waals surface area (Å²) in [5.74, 6) is -0.749. The number of hydrogen-bond acceptors (Lipinski definition) is 5. The van der Waals surface area contributed by atoms with Crippen molar-refractivity contribution in [1.82, 2.24) is 5.32 Å². The molecule has 2 heterocycles. The number of esters is 1. The molecule has 2 aliphatic heterocycles. The van der Waals surface area contributed by atoms with Crippen LogP contribution in [0.5, 0.6) is 0 Å². The Balaban J connectivity index is 1.67. The van der Waals surface area contributed by atoms with E-state index in [1.54, 1.807) is 6.07 Å². The van der Waals surface area contributed by atoms with Crippen LogP contribution in [-0.2, 0) is 20.7 Å². The summed E-state index contributed by atoms with van der Waals surface area (Å²) < 4.78 is 4.80. The number of carbonyl (C=O) groups is 2. The molecule has 1 amide bonds. The van der Waals surface area contributed by atoms with E-state index in [1.807, 2.05) is 12.1 Å². The summed E-state index contributed by atoms with van der Waals surface area (Å²) in [6, 6.07) is 3.73. The van der Waals surface area contributed by atoms with E-state index in [0.29, 0.717) is 11.4 Å². The molecule has 1 unspecified atom stereocenters. The van der Waals surface area contributed by atoms with Crippen LogP contribution in [0.25, 0.3) is 0 Å². The van der Waals surface area contributed by atoms with E-state index >= 15 is 0 Å². The van der Waals surface area contributed by atoms with E-state index in [0.717, 1.165) is 11.3 Å². The lowest BCUT2D eigenvalue weighted by molar-refractivity contribution is -0.141. The van der Waals surface area contributed by atoms with Gasteiger partial charge in [-0.25, -0.2) is 4.79 Å². The van der Waals surface area contributed by atoms with Gasteiger partial charge in [0.05, 0.1) is 6.04 Å². The fraction of sp³-hybridized carbons (Fsp3) is 0.385. The molecule has 0 saturated carbocycles. The standard InChI is InChI=1S/C13H14ClN3O3/c14-7-1-2-9-6(3-7)4-10(16-9)12(18)17-11-8(15)5-20-13(11)19/h1-3,8,10-11,16H,4-5,15H2,(H,17,18)/t8-,10?,11+/m1/s1. The van der Waals surface area contributed by atoms with Gasteiger partial charge >= 0.3 is 5.97 Å². The van der Waals surface area contributed by atoms with Crippen LogP contribution >= 0.6 is 11.6 Å². The third-order valence-corrected chi connectivity index (χ3v) is 3.77. The molecule has 1 saturated heterocycles. The maximum atomic E-state index is 12.2. The largest absolute Gasteiger partial charge is 0.462 e. The number of amides is 1. The van der Waals surface area contributed by atoms with Crippen LogP contribution in [0, 0.1) is 0 Å². The van der Waals surface area contributed by atoms with Crippen molar-refractivity contribution in [2.75, 3.05) is 11.9 Å². The number of fused-ring (bicyclic) bond motifs is 1. The highest BCUT2D eigenvalue weighted by Crippen LogP contribution is 2.28. The Morgan fingerprint density at radius 1 is 1.50 bits per heavy atom. The summed E-state index contributed by atoms with van der Waals surface area (Å²) >= 11 is 5.92. The van der Waals surface area contributed by atoms with Crippen molar-refractivity contribution in [3.8, 4) is 0 Å². The number of benzene rings is 1. The lowest BCUT2D eigenvalue weighted by Gasteiger charge is -2.16. The summed E-state index contributed by atoms with van der Waals surface area (Å²) in [7, 11) is 0. The maximum Gasteiger partial charge on any atom is 0.330 e. The molecule has 0 radical (unpaired) electrons. The summed E-state index contributed by atoms with van der Waals surface area (Å²) in [5, 5.41) is 6.37. The zero-order valence-corrected chi connectivity index (χ0v) is 11.3. The Morgan fingerprint density at radius 2 is 2.30 bits per heavy atom. The van der Waals surface area contributed by atoms with Crippen molar-refractivity contribution in [3.05, 3.63) is 28.8 Å². The molecule has 106 valence electrons. The highest BCUT2D eigenvalue weighted by Gasteiger charge is 2.38. The average Bonchev–Trinajstić information content (AvgIpc) is 2.96. The number of hydrogen-bond donors (Lipinski definition) is 3. The quantitative estimate of drug-likeness (QED) is 0.670. The smallest absolute Gasteiger partial charge is 0.330 e. The number of halogens is 1. The predicted octanol–water partition coefficient (Wildman–Crippen LogP) is 0.0455. The number of rotatable bonds is 2. The molecule has 6 nitrogen and oxygen atoms in total. The van der Waals surface area contributed by atoms with Crippen LogP contribution in [0.2, 0.25) is 5.02 Å². The Morgan fingerprint density at radius 3 is 3.00 bits per heavy atom. The van der Waals surface area contributed by atoms with Gasteiger partial charge in [0.15, 0.2) is 0 Å². The minimum atomic E-state index is -0.767. The van der Waals surface area contributed by atoms with Gasteiger partial charge in [-0.05, 0) is 23.8 Å². The Labute approximate surface area is 120 Å². The van der Waals surface area contributed by atoms with Crippen molar-refractivity contribution in [2.45, 2.75) is 24.5 Å². The van der Waals surface area contributed by atoms with Gasteiger partial charge in [0.25, 0.3) is 0 Å². The summed E-state index contributed by atoms with van der Waals surface area (Å²) in [6.45, 7) is 0.137. The predicted molar refractivity (Wildman–Crippen MR) is 73.4 cm³/mol. The van der Waals surface area contributed by atoms with Crippen molar-refractivity contribution >= 4 is 29.2 Å². The van der Waals surface area contributed by atoms with Gasteiger partial charge in [-0.2, -0.15) is 0 Å². The average molecular weight is 296 g/mol. The first-order chi connectivity index (χ1) is 9.54. The Kier molecular flexibility index (Phi) is 3.27. The van der Waals surface area contributed by atoms with Crippen LogP contribution in [-0.4, -0.2) is 36.6 Å². The molecule has 0 bridgehead atoms. The van der Waals surface area contributed by atoms with Gasteiger partial charge in [-0.1, -0.05) is 11.6 Å². The molecular formula is C13H14ClN3O3. The molecule has 1 fully saturated rings. The highest BCUT2D eigenvalue weighted by molar-refractivity contribution is 6.30. The molecule has 20 heavy (non-hydrogen) atoms. The van der Waals surface area contributed by atoms with Crippen molar-refractivity contribution in [3.63, 3.8) is 0 Å². The lowest BCUT2D eigenvalue weighted by atomic mass is 10.1. The van der Waals surface area contributed by atoms with E-state index in [2.05, 4.69) is 10.6 Å². The minimum absolute atomic E-state index is 0.137. The van der Waals surface area contributed by atoms with Crippen LogP contribution in [0.3, 0.4) is 0 Å². The second-order valence-corrected chi connectivity index (χ2v) is 5.42. The monoisotopic (exact) mass is 295 g/mol. The van der Waals surface area contributed by atoms with Gasteiger partial charge in [-0.15, -0.1) is 0 Å². The number of ether oxygens (including phenoxy) is 1. The highest BCUT2D eigenvalue weighted by atomic mass is 35.5. The molecule has 7 heteroatoms. The Hall–Kier alpha value is -1.79. The zero-order chi connectivity index (χ0) is 14.3. The number of anilines is 1. The minimum Gasteiger partial charge on any atom is -0.462 e. The van der Waals surface area contributed by atoms with Crippen molar-refractivity contribution in [2.24, 2.45) is 5.73 Å². The van der Waals surface area contributed by atoms with Crippen LogP contribution in [0.1, 0.15) is 5.56 Å². The van der Waals surface area contributed by atoms with Crippen LogP contribution in [0.4, 0.5) is 5.69 Å². The summed E-state index contributed by atoms with van der Waals surface area (Å²) in [5.41, 5.74) is 7.59. The van der Waals surface area contributed by atoms with Crippen molar-refractivity contribution in [1.29, 1.82) is 0 Å². The Bertz CT molecular complexity index is 578. The van der Waals surface area contributed by atoms with Gasteiger partial charge in [0.2, 0.25) is 5.91 Å². The molecular weight excluding hydrogens is 282 g/mol. The van der Waals surface area contributed by atoms with Crippen molar-refractivity contribution < 1.29 is 14.3 Å². The molecule has 0 aromatic heterocycles. The van der Waals surface area contributed by atoms with Gasteiger partial charge in [0.1, 0.15) is 18.7 Å². The number of carbonyl (C=O) groups excluding carboxylic acids is 2. The first kappa shape index (κ1) is 13.2. The normalized spacial score (nSPS) is 27.7. The molecule has 1 aromatic rings. The maximum absolute atomic E-state index is 12.2. The van der Waals surface area contributed by atoms with E-state index < -0.39 is 24.1 Å². The van der Waals surface area contributed by atoms with E-state index in [4.69, 9.17) is 22.1 Å². The third-order valence-electron chi connectivity index (χ3n) is 3.54. The number of nitrogens with one attached hydrogen (secondary N) is 2. The van der Waals surface area contributed by atoms with Gasteiger partial charge in [0, 0.05) is 17.1 Å². The molecule has 3 rings (SSSR count). The first-order valence-electron chi connectivity index (χ1n) is 6.32. The summed E-state index contributed by atoms with van der Waals surface area (Å²) in [6.07, 6.45) is 0.527. The molecule has 0 spiro atoms. The van der Waals surface area contributed by atoms with E-state index in [-0.39, 0.29) is 12.5 Å². The number of cyclic esters (lactones) is 1.